The number of morpholine rings is 1. The molecule has 1 fully saturated rings. The number of ether oxygens (including phenoxy) is 3. The standard InChI is InChI=1S/C28H32N2O4/c1-3-33-26-20-25(30-14-16-32-17-15-30)27(34-4-2)19-24(26)29-28(31)18-21-10-12-23(13-11-21)22-8-6-5-7-9-22/h5-13,19-20H,3-4,14-18H2,1-2H3,(H,29,31). The molecule has 1 N–H and O–H groups in total. The highest BCUT2D eigenvalue weighted by molar-refractivity contribution is 5.94. The van der Waals surface area contributed by atoms with E-state index in [1.807, 2.05) is 68.4 Å². The van der Waals surface area contributed by atoms with Crippen molar-refractivity contribution in [3.05, 3.63) is 72.3 Å². The minimum atomic E-state index is -0.102. The van der Waals surface area contributed by atoms with Gasteiger partial charge in [0.15, 0.2) is 0 Å². The molecule has 1 saturated heterocycles. The van der Waals surface area contributed by atoms with Crippen LogP contribution in [0.1, 0.15) is 19.4 Å². The van der Waals surface area contributed by atoms with Crippen molar-refractivity contribution in [3.8, 4) is 22.6 Å². The summed E-state index contributed by atoms with van der Waals surface area (Å²) in [5, 5.41) is 3.03. The van der Waals surface area contributed by atoms with Crippen LogP contribution in [0.3, 0.4) is 0 Å². The predicted octanol–water partition coefficient (Wildman–Crippen LogP) is 5.17. The van der Waals surface area contributed by atoms with Gasteiger partial charge < -0.3 is 24.4 Å². The molecule has 1 heterocycles. The highest BCUT2D eigenvalue weighted by Crippen LogP contribution is 2.39. The molecule has 0 aromatic heterocycles. The third kappa shape index (κ3) is 5.88. The van der Waals surface area contributed by atoms with Crippen LogP contribution < -0.4 is 19.7 Å². The molecule has 1 amide bonds. The van der Waals surface area contributed by atoms with E-state index in [0.29, 0.717) is 37.9 Å². The van der Waals surface area contributed by atoms with Gasteiger partial charge in [-0.15, -0.1) is 0 Å². The molecule has 3 aromatic carbocycles. The largest absolute Gasteiger partial charge is 0.492 e. The second kappa shape index (κ2) is 11.6. The van der Waals surface area contributed by atoms with Gasteiger partial charge >= 0.3 is 0 Å². The van der Waals surface area contributed by atoms with Gasteiger partial charge in [0.05, 0.1) is 44.2 Å². The van der Waals surface area contributed by atoms with Gasteiger partial charge in [-0.1, -0.05) is 54.6 Å². The van der Waals surface area contributed by atoms with Crippen LogP contribution in [-0.2, 0) is 16.0 Å². The Morgan fingerprint density at radius 2 is 1.53 bits per heavy atom. The van der Waals surface area contributed by atoms with E-state index in [9.17, 15) is 4.79 Å². The second-order valence-electron chi connectivity index (χ2n) is 8.07. The van der Waals surface area contributed by atoms with Crippen molar-refractivity contribution in [2.45, 2.75) is 20.3 Å². The summed E-state index contributed by atoms with van der Waals surface area (Å²) in [7, 11) is 0. The molecule has 0 bridgehead atoms. The molecule has 6 nitrogen and oxygen atoms in total. The Morgan fingerprint density at radius 3 is 2.21 bits per heavy atom. The SMILES string of the molecule is CCOc1cc(N2CCOCC2)c(OCC)cc1NC(=O)Cc1ccc(-c2ccccc2)cc1. The van der Waals surface area contributed by atoms with E-state index in [-0.39, 0.29) is 12.3 Å². The van der Waals surface area contributed by atoms with Gasteiger partial charge in [0.2, 0.25) is 5.91 Å². The van der Waals surface area contributed by atoms with E-state index >= 15 is 0 Å². The first-order valence-corrected chi connectivity index (χ1v) is 11.9. The summed E-state index contributed by atoms with van der Waals surface area (Å²) in [5.41, 5.74) is 4.81. The van der Waals surface area contributed by atoms with Crippen LogP contribution >= 0.6 is 0 Å². The molecule has 3 aromatic rings. The van der Waals surface area contributed by atoms with Crippen molar-refractivity contribution in [2.75, 3.05) is 49.7 Å². The minimum absolute atomic E-state index is 0.102. The molecule has 4 rings (SSSR count). The smallest absolute Gasteiger partial charge is 0.228 e. The first kappa shape index (κ1) is 23.6. The van der Waals surface area contributed by atoms with Gasteiger partial charge in [0, 0.05) is 25.2 Å². The van der Waals surface area contributed by atoms with Crippen molar-refractivity contribution in [1.29, 1.82) is 0 Å². The Bertz CT molecular complexity index is 1080. The van der Waals surface area contributed by atoms with Crippen molar-refractivity contribution in [3.63, 3.8) is 0 Å². The van der Waals surface area contributed by atoms with Crippen LogP contribution in [0.5, 0.6) is 11.5 Å². The Morgan fingerprint density at radius 1 is 0.882 bits per heavy atom. The monoisotopic (exact) mass is 460 g/mol. The molecular weight excluding hydrogens is 428 g/mol. The van der Waals surface area contributed by atoms with Crippen molar-refractivity contribution in [2.24, 2.45) is 0 Å². The first-order valence-electron chi connectivity index (χ1n) is 11.9. The number of nitrogens with zero attached hydrogens (tertiary/aromatic N) is 1. The number of carbonyl (C=O) groups is 1. The maximum absolute atomic E-state index is 12.9. The van der Waals surface area contributed by atoms with E-state index in [0.717, 1.165) is 41.2 Å². The molecule has 0 spiro atoms. The highest BCUT2D eigenvalue weighted by Gasteiger charge is 2.20. The Labute approximate surface area is 201 Å². The quantitative estimate of drug-likeness (QED) is 0.477. The summed E-state index contributed by atoms with van der Waals surface area (Å²) in [5.74, 6) is 1.27. The molecule has 0 aliphatic carbocycles. The second-order valence-corrected chi connectivity index (χ2v) is 8.07. The third-order valence-corrected chi connectivity index (χ3v) is 5.71. The van der Waals surface area contributed by atoms with Gasteiger partial charge in [-0.05, 0) is 30.5 Å². The van der Waals surface area contributed by atoms with Gasteiger partial charge in [-0.3, -0.25) is 4.79 Å². The summed E-state index contributed by atoms with van der Waals surface area (Å²) in [6.07, 6.45) is 0.274. The molecule has 178 valence electrons. The van der Waals surface area contributed by atoms with E-state index in [1.54, 1.807) is 0 Å². The van der Waals surface area contributed by atoms with Crippen LogP contribution in [-0.4, -0.2) is 45.4 Å². The normalized spacial score (nSPS) is 13.4. The molecule has 0 saturated carbocycles. The first-order chi connectivity index (χ1) is 16.7. The number of rotatable bonds is 9. The number of hydrogen-bond acceptors (Lipinski definition) is 5. The number of nitrogens with one attached hydrogen (secondary N) is 1. The maximum atomic E-state index is 12.9. The number of carbonyl (C=O) groups excluding carboxylic acids is 1. The van der Waals surface area contributed by atoms with E-state index in [2.05, 4.69) is 22.3 Å². The van der Waals surface area contributed by atoms with Gasteiger partial charge in [0.25, 0.3) is 0 Å². The predicted molar refractivity (Wildman–Crippen MR) is 136 cm³/mol. The zero-order valence-corrected chi connectivity index (χ0v) is 19.9. The molecule has 6 heteroatoms. The summed E-state index contributed by atoms with van der Waals surface area (Å²) in [6.45, 7) is 7.86. The lowest BCUT2D eigenvalue weighted by molar-refractivity contribution is -0.115. The zero-order valence-electron chi connectivity index (χ0n) is 19.9. The minimum Gasteiger partial charge on any atom is -0.492 e. The van der Waals surface area contributed by atoms with Gasteiger partial charge in [-0.2, -0.15) is 0 Å². The Kier molecular flexibility index (Phi) is 8.04. The molecule has 1 aliphatic rings. The van der Waals surface area contributed by atoms with Crippen LogP contribution in [0.2, 0.25) is 0 Å². The van der Waals surface area contributed by atoms with Crippen LogP contribution in [0, 0.1) is 0 Å². The van der Waals surface area contributed by atoms with E-state index in [1.165, 1.54) is 0 Å². The number of hydrogen-bond donors (Lipinski definition) is 1. The van der Waals surface area contributed by atoms with E-state index < -0.39 is 0 Å². The van der Waals surface area contributed by atoms with Crippen molar-refractivity contribution in [1.82, 2.24) is 0 Å². The zero-order chi connectivity index (χ0) is 23.8. The van der Waals surface area contributed by atoms with E-state index in [4.69, 9.17) is 14.2 Å². The number of amides is 1. The van der Waals surface area contributed by atoms with Gasteiger partial charge in [-0.25, -0.2) is 0 Å². The average Bonchev–Trinajstić information content (AvgIpc) is 2.87. The molecule has 1 aliphatic heterocycles. The molecule has 0 atom stereocenters. The highest BCUT2D eigenvalue weighted by atomic mass is 16.5. The maximum Gasteiger partial charge on any atom is 0.228 e. The third-order valence-electron chi connectivity index (χ3n) is 5.71. The van der Waals surface area contributed by atoms with Crippen LogP contribution in [0.25, 0.3) is 11.1 Å². The number of benzene rings is 3. The molecule has 0 radical (unpaired) electrons. The van der Waals surface area contributed by atoms with Crippen LogP contribution in [0.15, 0.2) is 66.7 Å². The lowest BCUT2D eigenvalue weighted by Gasteiger charge is -2.31. The average molecular weight is 461 g/mol. The van der Waals surface area contributed by atoms with Gasteiger partial charge in [0.1, 0.15) is 11.5 Å². The van der Waals surface area contributed by atoms with Crippen LogP contribution in [0.4, 0.5) is 11.4 Å². The fourth-order valence-corrected chi connectivity index (χ4v) is 4.07. The topological polar surface area (TPSA) is 60.0 Å². The summed E-state index contributed by atoms with van der Waals surface area (Å²) in [4.78, 5) is 15.1. The lowest BCUT2D eigenvalue weighted by atomic mass is 10.0. The Balaban J connectivity index is 1.51. The summed E-state index contributed by atoms with van der Waals surface area (Å²) in [6, 6.07) is 22.1. The fraction of sp³-hybridized carbons (Fsp3) is 0.321. The lowest BCUT2D eigenvalue weighted by Crippen LogP contribution is -2.36. The Hall–Kier alpha value is -3.51. The summed E-state index contributed by atoms with van der Waals surface area (Å²) < 4.78 is 17.3. The molecule has 0 unspecified atom stereocenters. The molecule has 34 heavy (non-hydrogen) atoms. The molecular formula is C28H32N2O4. The van der Waals surface area contributed by atoms with Crippen molar-refractivity contribution >= 4 is 17.3 Å². The fourth-order valence-electron chi connectivity index (χ4n) is 4.07. The number of anilines is 2. The summed E-state index contributed by atoms with van der Waals surface area (Å²) >= 11 is 0. The van der Waals surface area contributed by atoms with Crippen molar-refractivity contribution < 1.29 is 19.0 Å².